The van der Waals surface area contributed by atoms with Gasteiger partial charge < -0.3 is 15.3 Å². The van der Waals surface area contributed by atoms with E-state index in [1.807, 2.05) is 0 Å². The summed E-state index contributed by atoms with van der Waals surface area (Å²) in [5.41, 5.74) is 0. The maximum absolute atomic E-state index is 8.67. The summed E-state index contributed by atoms with van der Waals surface area (Å²) in [6.45, 7) is 0. The number of hydrogen-bond donors (Lipinski definition) is 3. The van der Waals surface area contributed by atoms with Crippen molar-refractivity contribution >= 4 is 29.6 Å². The van der Waals surface area contributed by atoms with Crippen molar-refractivity contribution in [2.45, 2.75) is 0 Å². The fraction of sp³-hybridized carbons (Fsp3) is 0. The minimum absolute atomic E-state index is 0. The molecular weight excluding hydrogens is 143 g/mol. The molecule has 0 bridgehead atoms. The molecule has 0 aliphatic heterocycles. The molecule has 0 aliphatic carbocycles. The summed E-state index contributed by atoms with van der Waals surface area (Å²) >= 11 is 0. The second-order valence-corrected chi connectivity index (χ2v) is 1.71. The zero-order valence-electron chi connectivity index (χ0n) is 5.57. The molecule has 3 nitrogen and oxygen atoms in total. The fourth-order valence-corrected chi connectivity index (χ4v) is 0.580. The van der Waals surface area contributed by atoms with Gasteiger partial charge in [-0.3, -0.25) is 0 Å². The first-order valence-electron chi connectivity index (χ1n) is 2.40. The standard InChI is InChI=1S/C6H6O3.Na/c7-4-1-5(8)3-6(9)2-4;/h1-3,7-9H;. The van der Waals surface area contributed by atoms with Crippen LogP contribution in [0.1, 0.15) is 0 Å². The summed E-state index contributed by atoms with van der Waals surface area (Å²) < 4.78 is 0. The molecule has 49 valence electrons. The molecule has 0 saturated carbocycles. The van der Waals surface area contributed by atoms with E-state index in [2.05, 4.69) is 0 Å². The zero-order chi connectivity index (χ0) is 6.85. The minimum atomic E-state index is -0.146. The number of phenols is 3. The second-order valence-electron chi connectivity index (χ2n) is 1.71. The third kappa shape index (κ3) is 2.47. The van der Waals surface area contributed by atoms with Crippen LogP contribution in [0.3, 0.4) is 0 Å². The van der Waals surface area contributed by atoms with Crippen molar-refractivity contribution in [1.29, 1.82) is 0 Å². The topological polar surface area (TPSA) is 60.7 Å². The Labute approximate surface area is 80.2 Å². The number of hydrogen-bond acceptors (Lipinski definition) is 3. The van der Waals surface area contributed by atoms with Gasteiger partial charge in [0.05, 0.1) is 0 Å². The summed E-state index contributed by atoms with van der Waals surface area (Å²) in [4.78, 5) is 0. The minimum Gasteiger partial charge on any atom is -0.508 e. The van der Waals surface area contributed by atoms with Gasteiger partial charge in [-0.25, -0.2) is 0 Å². The van der Waals surface area contributed by atoms with Crippen LogP contribution in [0.4, 0.5) is 0 Å². The van der Waals surface area contributed by atoms with Crippen LogP contribution >= 0.6 is 0 Å². The van der Waals surface area contributed by atoms with Crippen LogP contribution in [0.15, 0.2) is 18.2 Å². The third-order valence-electron chi connectivity index (χ3n) is 0.887. The fourth-order valence-electron chi connectivity index (χ4n) is 0.580. The van der Waals surface area contributed by atoms with Crippen LogP contribution in [-0.2, 0) is 0 Å². The molecule has 0 aromatic heterocycles. The predicted molar refractivity (Wildman–Crippen MR) is 37.2 cm³/mol. The SMILES string of the molecule is Oc1cc(O)cc(O)c1.[Na]. The predicted octanol–water partition coefficient (Wildman–Crippen LogP) is 0.423. The zero-order valence-corrected chi connectivity index (χ0v) is 7.57. The number of rotatable bonds is 0. The van der Waals surface area contributed by atoms with Crippen molar-refractivity contribution in [3.05, 3.63) is 18.2 Å². The van der Waals surface area contributed by atoms with Crippen LogP contribution in [0, 0.1) is 0 Å². The largest absolute Gasteiger partial charge is 0.508 e. The van der Waals surface area contributed by atoms with E-state index in [1.54, 1.807) is 0 Å². The van der Waals surface area contributed by atoms with Gasteiger partial charge in [-0.15, -0.1) is 0 Å². The molecule has 0 aliphatic rings. The number of aromatic hydroxyl groups is 3. The Hall–Kier alpha value is -0.380. The van der Waals surface area contributed by atoms with Gasteiger partial charge in [0.1, 0.15) is 17.2 Å². The first-order chi connectivity index (χ1) is 4.18. The second kappa shape index (κ2) is 3.71. The van der Waals surface area contributed by atoms with Gasteiger partial charge in [0.2, 0.25) is 0 Å². The van der Waals surface area contributed by atoms with Crippen molar-refractivity contribution in [1.82, 2.24) is 0 Å². The first-order valence-corrected chi connectivity index (χ1v) is 2.40. The Balaban J connectivity index is 0.000000810. The number of phenolic OH excluding ortho intramolecular Hbond substituents is 3. The van der Waals surface area contributed by atoms with Crippen molar-refractivity contribution in [3.8, 4) is 17.2 Å². The van der Waals surface area contributed by atoms with Gasteiger partial charge in [-0.05, 0) is 0 Å². The summed E-state index contributed by atoms with van der Waals surface area (Å²) in [5, 5.41) is 26.0. The van der Waals surface area contributed by atoms with Gasteiger partial charge in [0, 0.05) is 47.8 Å². The Kier molecular flexibility index (Phi) is 3.57. The van der Waals surface area contributed by atoms with E-state index in [4.69, 9.17) is 15.3 Å². The Morgan fingerprint density at radius 3 is 1.10 bits per heavy atom. The van der Waals surface area contributed by atoms with Gasteiger partial charge in [0.15, 0.2) is 0 Å². The molecule has 1 rings (SSSR count). The molecule has 0 fully saturated rings. The van der Waals surface area contributed by atoms with Gasteiger partial charge in [-0.2, -0.15) is 0 Å². The van der Waals surface area contributed by atoms with Crippen molar-refractivity contribution < 1.29 is 15.3 Å². The Morgan fingerprint density at radius 1 is 0.700 bits per heavy atom. The molecule has 1 aromatic carbocycles. The van der Waals surface area contributed by atoms with Gasteiger partial charge in [-0.1, -0.05) is 0 Å². The average Bonchev–Trinajstić information content (AvgIpc) is 1.59. The molecule has 1 aromatic rings. The molecule has 3 N–H and O–H groups in total. The summed E-state index contributed by atoms with van der Waals surface area (Å²) in [5.74, 6) is -0.437. The van der Waals surface area contributed by atoms with Crippen LogP contribution in [0.5, 0.6) is 17.2 Å². The molecular formula is C6H6NaO3. The van der Waals surface area contributed by atoms with Crippen LogP contribution in [-0.4, -0.2) is 44.9 Å². The Morgan fingerprint density at radius 2 is 0.900 bits per heavy atom. The number of benzene rings is 1. The normalized spacial score (nSPS) is 8.40. The maximum Gasteiger partial charge on any atom is 0.122 e. The molecule has 10 heavy (non-hydrogen) atoms. The quantitative estimate of drug-likeness (QED) is 0.468. The van der Waals surface area contributed by atoms with E-state index >= 15 is 0 Å². The summed E-state index contributed by atoms with van der Waals surface area (Å²) in [7, 11) is 0. The van der Waals surface area contributed by atoms with E-state index < -0.39 is 0 Å². The van der Waals surface area contributed by atoms with E-state index in [9.17, 15) is 0 Å². The summed E-state index contributed by atoms with van der Waals surface area (Å²) in [6, 6.07) is 3.42. The smallest absolute Gasteiger partial charge is 0.122 e. The van der Waals surface area contributed by atoms with Crippen molar-refractivity contribution in [2.24, 2.45) is 0 Å². The van der Waals surface area contributed by atoms with E-state index in [0.29, 0.717) is 0 Å². The van der Waals surface area contributed by atoms with E-state index in [-0.39, 0.29) is 46.8 Å². The van der Waals surface area contributed by atoms with Gasteiger partial charge in [0.25, 0.3) is 0 Å². The Bertz CT molecular complexity index is 174. The first kappa shape index (κ1) is 9.62. The van der Waals surface area contributed by atoms with Crippen LogP contribution < -0.4 is 0 Å². The monoisotopic (exact) mass is 149 g/mol. The third-order valence-corrected chi connectivity index (χ3v) is 0.887. The molecule has 0 atom stereocenters. The molecule has 4 heteroatoms. The van der Waals surface area contributed by atoms with Crippen LogP contribution in [0.2, 0.25) is 0 Å². The average molecular weight is 149 g/mol. The van der Waals surface area contributed by atoms with Crippen molar-refractivity contribution in [3.63, 3.8) is 0 Å². The van der Waals surface area contributed by atoms with Crippen molar-refractivity contribution in [2.75, 3.05) is 0 Å². The summed E-state index contributed by atoms with van der Waals surface area (Å²) in [6.07, 6.45) is 0. The maximum atomic E-state index is 8.67. The molecule has 0 unspecified atom stereocenters. The molecule has 0 spiro atoms. The van der Waals surface area contributed by atoms with E-state index in [1.165, 1.54) is 0 Å². The van der Waals surface area contributed by atoms with Gasteiger partial charge >= 0.3 is 0 Å². The van der Waals surface area contributed by atoms with E-state index in [0.717, 1.165) is 18.2 Å². The van der Waals surface area contributed by atoms with Crippen LogP contribution in [0.25, 0.3) is 0 Å². The molecule has 0 amide bonds. The molecule has 0 saturated heterocycles. The molecule has 0 heterocycles. The molecule has 1 radical (unpaired) electrons.